The van der Waals surface area contributed by atoms with Crippen molar-refractivity contribution in [2.75, 3.05) is 32.1 Å². The Balaban J connectivity index is 0.00000312. The van der Waals surface area contributed by atoms with Crippen molar-refractivity contribution in [3.8, 4) is 5.75 Å². The van der Waals surface area contributed by atoms with Crippen molar-refractivity contribution in [3.63, 3.8) is 0 Å². The zero-order chi connectivity index (χ0) is 17.7. The molecule has 0 unspecified atom stereocenters. The van der Waals surface area contributed by atoms with Crippen LogP contribution in [0.2, 0.25) is 0 Å². The van der Waals surface area contributed by atoms with Gasteiger partial charge in [0.1, 0.15) is 0 Å². The topological polar surface area (TPSA) is 26.7 Å². The van der Waals surface area contributed by atoms with Crippen molar-refractivity contribution >= 4 is 5.69 Å². The molecule has 0 aliphatic heterocycles. The number of anilines is 1. The van der Waals surface area contributed by atoms with Crippen molar-refractivity contribution in [1.29, 1.82) is 0 Å². The number of para-hydroxylation sites is 1. The SMILES string of the molecule is CN(C)CCN(Cc1cc(C(C)(C)C)c[c-]c1O)c1ccccc1.[Li+]. The predicted molar refractivity (Wildman–Crippen MR) is 102 cm³/mol. The number of hydrogen-bond acceptors (Lipinski definition) is 3. The maximum Gasteiger partial charge on any atom is 1.00 e. The molecule has 0 bridgehead atoms. The van der Waals surface area contributed by atoms with Gasteiger partial charge in [-0.05, 0) is 26.2 Å². The van der Waals surface area contributed by atoms with E-state index in [9.17, 15) is 5.11 Å². The second-order valence-electron chi connectivity index (χ2n) is 7.57. The molecule has 0 radical (unpaired) electrons. The summed E-state index contributed by atoms with van der Waals surface area (Å²) in [4.78, 5) is 4.48. The van der Waals surface area contributed by atoms with Gasteiger partial charge in [-0.15, -0.1) is 6.07 Å². The molecule has 3 nitrogen and oxygen atoms in total. The van der Waals surface area contributed by atoms with Crippen LogP contribution in [0.4, 0.5) is 5.69 Å². The second-order valence-corrected chi connectivity index (χ2v) is 7.57. The summed E-state index contributed by atoms with van der Waals surface area (Å²) in [6, 6.07) is 17.4. The summed E-state index contributed by atoms with van der Waals surface area (Å²) in [5.41, 5.74) is 3.32. The molecule has 4 heteroatoms. The number of nitrogens with zero attached hydrogens (tertiary/aromatic N) is 2. The first-order chi connectivity index (χ1) is 11.3. The van der Waals surface area contributed by atoms with E-state index in [0.29, 0.717) is 6.54 Å². The molecule has 1 N–H and O–H groups in total. The third-order valence-corrected chi connectivity index (χ3v) is 4.16. The van der Waals surface area contributed by atoms with Crippen molar-refractivity contribution in [3.05, 3.63) is 59.7 Å². The van der Waals surface area contributed by atoms with E-state index in [1.807, 2.05) is 12.1 Å². The monoisotopic (exact) mass is 332 g/mol. The number of benzene rings is 2. The predicted octanol–water partition coefficient (Wildman–Crippen LogP) is 1.06. The first kappa shape index (κ1) is 21.6. The molecule has 0 spiro atoms. The van der Waals surface area contributed by atoms with E-state index in [2.05, 4.69) is 81.1 Å². The number of likely N-dealkylation sites (N-methyl/N-ethyl adjacent to an activating group) is 1. The minimum Gasteiger partial charge on any atom is -0.534 e. The summed E-state index contributed by atoms with van der Waals surface area (Å²) in [5, 5.41) is 10.3. The third kappa shape index (κ3) is 6.44. The van der Waals surface area contributed by atoms with Crippen LogP contribution in [-0.2, 0) is 12.0 Å². The summed E-state index contributed by atoms with van der Waals surface area (Å²) in [7, 11) is 4.16. The molecular weight excluding hydrogens is 303 g/mol. The molecule has 0 aliphatic rings. The van der Waals surface area contributed by atoms with Crippen LogP contribution in [0.15, 0.2) is 42.5 Å². The number of rotatable bonds is 6. The maximum atomic E-state index is 10.3. The van der Waals surface area contributed by atoms with E-state index < -0.39 is 0 Å². The van der Waals surface area contributed by atoms with Gasteiger partial charge in [0.05, 0.1) is 0 Å². The summed E-state index contributed by atoms with van der Waals surface area (Å²) in [6.45, 7) is 9.06. The Morgan fingerprint density at radius 3 is 2.24 bits per heavy atom. The Morgan fingerprint density at radius 2 is 1.68 bits per heavy atom. The molecule has 0 aromatic heterocycles. The van der Waals surface area contributed by atoms with Gasteiger partial charge in [-0.1, -0.05) is 49.9 Å². The van der Waals surface area contributed by atoms with E-state index in [4.69, 9.17) is 0 Å². The van der Waals surface area contributed by atoms with Crippen molar-refractivity contribution in [2.45, 2.75) is 32.7 Å². The fraction of sp³-hybridized carbons (Fsp3) is 0.429. The van der Waals surface area contributed by atoms with E-state index in [1.54, 1.807) is 0 Å². The molecular formula is C21H29LiN2O. The number of hydrogen-bond donors (Lipinski definition) is 1. The average molecular weight is 332 g/mol. The van der Waals surface area contributed by atoms with Gasteiger partial charge < -0.3 is 14.9 Å². The fourth-order valence-electron chi connectivity index (χ4n) is 2.55. The Bertz CT molecular complexity index is 651. The van der Waals surface area contributed by atoms with Gasteiger partial charge >= 0.3 is 18.9 Å². The van der Waals surface area contributed by atoms with Gasteiger partial charge in [-0.25, -0.2) is 0 Å². The number of phenolic OH excluding ortho intramolecular Hbond substituents is 1. The van der Waals surface area contributed by atoms with Gasteiger partial charge in [-0.2, -0.15) is 17.7 Å². The molecule has 0 amide bonds. The summed E-state index contributed by atoms with van der Waals surface area (Å²) < 4.78 is 0. The second kappa shape index (κ2) is 9.34. The molecule has 0 heterocycles. The van der Waals surface area contributed by atoms with E-state index in [0.717, 1.165) is 18.7 Å². The largest absolute Gasteiger partial charge is 1.00 e. The summed E-state index contributed by atoms with van der Waals surface area (Å²) in [5.74, 6) is 0.244. The van der Waals surface area contributed by atoms with Crippen LogP contribution in [0.1, 0.15) is 31.9 Å². The molecule has 2 rings (SSSR count). The summed E-state index contributed by atoms with van der Waals surface area (Å²) in [6.07, 6.45) is 0. The summed E-state index contributed by atoms with van der Waals surface area (Å²) >= 11 is 0. The number of phenols is 1. The van der Waals surface area contributed by atoms with Crippen LogP contribution >= 0.6 is 0 Å². The molecule has 130 valence electrons. The molecule has 0 saturated carbocycles. The average Bonchev–Trinajstić information content (AvgIpc) is 2.52. The normalized spacial score (nSPS) is 11.3. The zero-order valence-corrected chi connectivity index (χ0v) is 16.5. The van der Waals surface area contributed by atoms with E-state index >= 15 is 0 Å². The first-order valence-electron chi connectivity index (χ1n) is 8.46. The Labute approximate surface area is 164 Å². The van der Waals surface area contributed by atoms with Gasteiger partial charge in [-0.3, -0.25) is 0 Å². The zero-order valence-electron chi connectivity index (χ0n) is 16.5. The van der Waals surface area contributed by atoms with Gasteiger partial charge in [0.15, 0.2) is 0 Å². The first-order valence-corrected chi connectivity index (χ1v) is 8.46. The standard InChI is InChI=1S/C21H29N2O.Li/c1-21(2,3)18-11-12-20(24)17(15-18)16-23(14-13-22(4)5)19-9-7-6-8-10-19;/h6-11,15,24H,13-14,16H2,1-5H3;/q-1;+1. The Hall–Kier alpha value is -1.40. The molecule has 0 fully saturated rings. The van der Waals surface area contributed by atoms with Crippen LogP contribution in [0.25, 0.3) is 0 Å². The van der Waals surface area contributed by atoms with Crippen LogP contribution in [0.5, 0.6) is 5.75 Å². The van der Waals surface area contributed by atoms with Gasteiger partial charge in [0.2, 0.25) is 0 Å². The molecule has 0 saturated heterocycles. The van der Waals surface area contributed by atoms with Gasteiger partial charge in [0, 0.05) is 31.1 Å². The minimum absolute atomic E-state index is 0. The van der Waals surface area contributed by atoms with E-state index in [1.165, 1.54) is 11.3 Å². The Morgan fingerprint density at radius 1 is 1.04 bits per heavy atom. The molecule has 25 heavy (non-hydrogen) atoms. The third-order valence-electron chi connectivity index (χ3n) is 4.16. The van der Waals surface area contributed by atoms with Crippen molar-refractivity contribution < 1.29 is 24.0 Å². The van der Waals surface area contributed by atoms with Gasteiger partial charge in [0.25, 0.3) is 0 Å². The minimum atomic E-state index is 0. The van der Waals surface area contributed by atoms with Crippen molar-refractivity contribution in [2.24, 2.45) is 0 Å². The van der Waals surface area contributed by atoms with Crippen LogP contribution in [0.3, 0.4) is 0 Å². The fourth-order valence-corrected chi connectivity index (χ4v) is 2.55. The molecule has 0 atom stereocenters. The van der Waals surface area contributed by atoms with Crippen LogP contribution in [0, 0.1) is 6.07 Å². The molecule has 2 aromatic carbocycles. The number of aromatic hydroxyl groups is 1. The van der Waals surface area contributed by atoms with Crippen molar-refractivity contribution in [1.82, 2.24) is 4.90 Å². The quantitative estimate of drug-likeness (QED) is 0.633. The maximum absolute atomic E-state index is 10.3. The van der Waals surface area contributed by atoms with Crippen LogP contribution in [-0.4, -0.2) is 37.2 Å². The molecule has 0 aliphatic carbocycles. The van der Waals surface area contributed by atoms with E-state index in [-0.39, 0.29) is 30.0 Å². The molecule has 2 aromatic rings. The van der Waals surface area contributed by atoms with Crippen LogP contribution < -0.4 is 23.8 Å². The Kier molecular flexibility index (Phi) is 8.08. The smallest absolute Gasteiger partial charge is 0.534 e.